The average Bonchev–Trinajstić information content (AvgIpc) is 3.14. The first kappa shape index (κ1) is 19.6. The zero-order chi connectivity index (χ0) is 21.3. The highest BCUT2D eigenvalue weighted by Crippen LogP contribution is 2.18. The van der Waals surface area contributed by atoms with E-state index in [0.717, 1.165) is 27.9 Å². The molecular formula is C23H23N5O2. The predicted octanol–water partition coefficient (Wildman–Crippen LogP) is 2.82. The molecule has 0 saturated carbocycles. The maximum absolute atomic E-state index is 12.8. The van der Waals surface area contributed by atoms with Crippen LogP contribution in [0.3, 0.4) is 0 Å². The minimum atomic E-state index is -0.290. The summed E-state index contributed by atoms with van der Waals surface area (Å²) in [6.45, 7) is 6.35. The number of carbonyl (C=O) groups is 1. The smallest absolute Gasteiger partial charge is 0.264 e. The normalized spacial score (nSPS) is 11.0. The van der Waals surface area contributed by atoms with Crippen molar-refractivity contribution >= 4 is 16.9 Å². The van der Waals surface area contributed by atoms with Crippen LogP contribution >= 0.6 is 0 Å². The fourth-order valence-corrected chi connectivity index (χ4v) is 3.40. The number of rotatable bonds is 5. The van der Waals surface area contributed by atoms with Gasteiger partial charge >= 0.3 is 0 Å². The zero-order valence-corrected chi connectivity index (χ0v) is 17.2. The van der Waals surface area contributed by atoms with Crippen molar-refractivity contribution in [1.82, 2.24) is 24.6 Å². The molecule has 0 aliphatic carbocycles. The van der Waals surface area contributed by atoms with E-state index in [4.69, 9.17) is 0 Å². The Kier molecular flexibility index (Phi) is 5.18. The van der Waals surface area contributed by atoms with Crippen LogP contribution in [0.25, 0.3) is 16.7 Å². The number of nitrogens with zero attached hydrogens (tertiary/aromatic N) is 4. The SMILES string of the molecule is Cc1ccc(CNC(=O)Cn2cnc3c(cnn3-c3ccc(C)cc3C)c2=O)cc1. The van der Waals surface area contributed by atoms with Crippen LogP contribution in [0.2, 0.25) is 0 Å². The van der Waals surface area contributed by atoms with Crippen LogP contribution in [-0.2, 0) is 17.9 Å². The van der Waals surface area contributed by atoms with Gasteiger partial charge < -0.3 is 5.32 Å². The maximum Gasteiger partial charge on any atom is 0.264 e. The van der Waals surface area contributed by atoms with E-state index < -0.39 is 0 Å². The highest BCUT2D eigenvalue weighted by Gasteiger charge is 2.14. The number of carbonyl (C=O) groups excluding carboxylic acids is 1. The second-order valence-electron chi connectivity index (χ2n) is 7.52. The molecule has 0 fully saturated rings. The molecule has 0 radical (unpaired) electrons. The summed E-state index contributed by atoms with van der Waals surface area (Å²) < 4.78 is 2.97. The van der Waals surface area contributed by atoms with E-state index in [1.807, 2.05) is 57.2 Å². The van der Waals surface area contributed by atoms with Crippen LogP contribution in [-0.4, -0.2) is 25.2 Å². The molecule has 1 N–H and O–H groups in total. The Bertz CT molecular complexity index is 1290. The largest absolute Gasteiger partial charge is 0.350 e. The Labute approximate surface area is 174 Å². The predicted molar refractivity (Wildman–Crippen MR) is 116 cm³/mol. The van der Waals surface area contributed by atoms with E-state index in [2.05, 4.69) is 21.5 Å². The minimum absolute atomic E-state index is 0.0949. The van der Waals surface area contributed by atoms with E-state index in [1.165, 1.54) is 17.1 Å². The number of amides is 1. The minimum Gasteiger partial charge on any atom is -0.350 e. The van der Waals surface area contributed by atoms with Gasteiger partial charge in [-0.1, -0.05) is 47.5 Å². The third-order valence-electron chi connectivity index (χ3n) is 5.06. The standard InChI is InChI=1S/C23H23N5O2/c1-15-4-7-18(8-5-15)11-24-21(29)13-27-14-25-22-19(23(27)30)12-26-28(22)20-9-6-16(2)10-17(20)3/h4-10,12,14H,11,13H2,1-3H3,(H,24,29). The molecule has 0 spiro atoms. The van der Waals surface area contributed by atoms with Gasteiger partial charge in [-0.05, 0) is 38.0 Å². The number of fused-ring (bicyclic) bond motifs is 1. The molecular weight excluding hydrogens is 378 g/mol. The fraction of sp³-hybridized carbons (Fsp3) is 0.217. The summed E-state index contributed by atoms with van der Waals surface area (Å²) in [5.74, 6) is -0.249. The molecule has 7 heteroatoms. The van der Waals surface area contributed by atoms with Crippen molar-refractivity contribution in [3.8, 4) is 5.69 Å². The fourth-order valence-electron chi connectivity index (χ4n) is 3.40. The van der Waals surface area contributed by atoms with Gasteiger partial charge in [0.2, 0.25) is 5.91 Å². The first-order valence-electron chi connectivity index (χ1n) is 9.75. The van der Waals surface area contributed by atoms with E-state index >= 15 is 0 Å². The summed E-state index contributed by atoms with van der Waals surface area (Å²) in [6, 6.07) is 13.9. The molecule has 4 rings (SSSR count). The number of hydrogen-bond donors (Lipinski definition) is 1. The lowest BCUT2D eigenvalue weighted by atomic mass is 10.1. The van der Waals surface area contributed by atoms with Crippen molar-refractivity contribution < 1.29 is 4.79 Å². The molecule has 7 nitrogen and oxygen atoms in total. The highest BCUT2D eigenvalue weighted by atomic mass is 16.2. The van der Waals surface area contributed by atoms with Crippen LogP contribution < -0.4 is 10.9 Å². The molecule has 0 aliphatic heterocycles. The number of benzene rings is 2. The van der Waals surface area contributed by atoms with E-state index in [0.29, 0.717) is 17.6 Å². The number of hydrogen-bond acceptors (Lipinski definition) is 4. The van der Waals surface area contributed by atoms with Gasteiger partial charge in [0.15, 0.2) is 5.65 Å². The summed E-state index contributed by atoms with van der Waals surface area (Å²) in [4.78, 5) is 29.6. The molecule has 0 saturated heterocycles. The monoisotopic (exact) mass is 401 g/mol. The molecule has 2 aromatic heterocycles. The zero-order valence-electron chi connectivity index (χ0n) is 17.2. The Balaban J connectivity index is 1.54. The van der Waals surface area contributed by atoms with Gasteiger partial charge in [0.05, 0.1) is 11.9 Å². The third kappa shape index (κ3) is 3.87. The van der Waals surface area contributed by atoms with Gasteiger partial charge in [-0.3, -0.25) is 14.2 Å². The summed E-state index contributed by atoms with van der Waals surface area (Å²) >= 11 is 0. The molecule has 152 valence electrons. The lowest BCUT2D eigenvalue weighted by Crippen LogP contribution is -2.32. The van der Waals surface area contributed by atoms with Gasteiger partial charge in [0.1, 0.15) is 18.3 Å². The van der Waals surface area contributed by atoms with Crippen LogP contribution in [0.15, 0.2) is 59.8 Å². The van der Waals surface area contributed by atoms with Crippen molar-refractivity contribution in [2.24, 2.45) is 0 Å². The number of nitrogens with one attached hydrogen (secondary N) is 1. The summed E-state index contributed by atoms with van der Waals surface area (Å²) in [6.07, 6.45) is 2.91. The Morgan fingerprint density at radius 1 is 1.03 bits per heavy atom. The van der Waals surface area contributed by atoms with Gasteiger partial charge in [0, 0.05) is 6.54 Å². The molecule has 30 heavy (non-hydrogen) atoms. The second kappa shape index (κ2) is 7.94. The van der Waals surface area contributed by atoms with Crippen LogP contribution in [0.5, 0.6) is 0 Å². The topological polar surface area (TPSA) is 81.8 Å². The van der Waals surface area contributed by atoms with E-state index in [9.17, 15) is 9.59 Å². The summed E-state index contributed by atoms with van der Waals surface area (Å²) in [5.41, 5.74) is 5.42. The third-order valence-corrected chi connectivity index (χ3v) is 5.06. The number of aromatic nitrogens is 4. The van der Waals surface area contributed by atoms with E-state index in [1.54, 1.807) is 4.68 Å². The van der Waals surface area contributed by atoms with Gasteiger partial charge in [-0.2, -0.15) is 5.10 Å². The van der Waals surface area contributed by atoms with Gasteiger partial charge in [-0.15, -0.1) is 0 Å². The molecule has 2 aromatic carbocycles. The summed E-state index contributed by atoms with van der Waals surface area (Å²) in [7, 11) is 0. The van der Waals surface area contributed by atoms with Crippen molar-refractivity contribution in [2.45, 2.75) is 33.9 Å². The summed E-state index contributed by atoms with van der Waals surface area (Å²) in [5, 5.41) is 7.58. The van der Waals surface area contributed by atoms with Crippen LogP contribution in [0.4, 0.5) is 0 Å². The molecule has 2 heterocycles. The van der Waals surface area contributed by atoms with Crippen molar-refractivity contribution in [3.05, 3.63) is 87.6 Å². The average molecular weight is 401 g/mol. The van der Waals surface area contributed by atoms with Crippen LogP contribution in [0, 0.1) is 20.8 Å². The highest BCUT2D eigenvalue weighted by molar-refractivity contribution is 5.78. The van der Waals surface area contributed by atoms with Gasteiger partial charge in [0.25, 0.3) is 5.56 Å². The van der Waals surface area contributed by atoms with Gasteiger partial charge in [-0.25, -0.2) is 9.67 Å². The molecule has 0 unspecified atom stereocenters. The van der Waals surface area contributed by atoms with Crippen LogP contribution in [0.1, 0.15) is 22.3 Å². The molecule has 0 atom stereocenters. The Hall–Kier alpha value is -3.74. The first-order chi connectivity index (χ1) is 14.4. The first-order valence-corrected chi connectivity index (χ1v) is 9.75. The molecule has 0 bridgehead atoms. The van der Waals surface area contributed by atoms with Crippen molar-refractivity contribution in [1.29, 1.82) is 0 Å². The maximum atomic E-state index is 12.8. The van der Waals surface area contributed by atoms with Crippen molar-refractivity contribution in [3.63, 3.8) is 0 Å². The quantitative estimate of drug-likeness (QED) is 0.558. The molecule has 1 amide bonds. The second-order valence-corrected chi connectivity index (χ2v) is 7.52. The Morgan fingerprint density at radius 2 is 1.77 bits per heavy atom. The lowest BCUT2D eigenvalue weighted by molar-refractivity contribution is -0.121. The molecule has 0 aliphatic rings. The Morgan fingerprint density at radius 3 is 2.50 bits per heavy atom. The van der Waals surface area contributed by atoms with Crippen molar-refractivity contribution in [2.75, 3.05) is 0 Å². The van der Waals surface area contributed by atoms with E-state index in [-0.39, 0.29) is 18.0 Å². The number of aryl methyl sites for hydroxylation is 3. The lowest BCUT2D eigenvalue weighted by Gasteiger charge is -2.09. The molecule has 4 aromatic rings.